The van der Waals surface area contributed by atoms with Crippen LogP contribution in [-0.4, -0.2) is 26.3 Å². The molecule has 0 spiro atoms. The van der Waals surface area contributed by atoms with Crippen LogP contribution in [0.2, 0.25) is 0 Å². The van der Waals surface area contributed by atoms with E-state index in [1.807, 2.05) is 60.7 Å². The van der Waals surface area contributed by atoms with Crippen molar-refractivity contribution in [2.24, 2.45) is 0 Å². The third-order valence-corrected chi connectivity index (χ3v) is 3.24. The molecule has 0 saturated carbocycles. The van der Waals surface area contributed by atoms with Crippen LogP contribution in [0.4, 0.5) is 5.69 Å². The maximum absolute atomic E-state index is 10.3. The van der Waals surface area contributed by atoms with Gasteiger partial charge in [-0.25, -0.2) is 0 Å². The molecule has 3 aromatic carbocycles. The summed E-state index contributed by atoms with van der Waals surface area (Å²) < 4.78 is 14.6. The Bertz CT molecular complexity index is 739. The van der Waals surface area contributed by atoms with Crippen molar-refractivity contribution in [3.05, 3.63) is 95.0 Å². The molecule has 142 valence electrons. The Morgan fingerprint density at radius 3 is 1.33 bits per heavy atom. The van der Waals surface area contributed by atoms with Gasteiger partial charge in [-0.15, -0.1) is 0 Å². The van der Waals surface area contributed by atoms with Crippen molar-refractivity contribution in [1.82, 2.24) is 0 Å². The van der Waals surface area contributed by atoms with E-state index in [0.29, 0.717) is 0 Å². The van der Waals surface area contributed by atoms with Gasteiger partial charge in [0.2, 0.25) is 0 Å². The number of nitro groups is 1. The van der Waals surface area contributed by atoms with E-state index in [-0.39, 0.29) is 11.4 Å². The molecule has 0 unspecified atom stereocenters. The van der Waals surface area contributed by atoms with Crippen LogP contribution >= 0.6 is 0 Å². The Hall–Kier alpha value is -3.54. The first kappa shape index (κ1) is 21.5. The smallest absolute Gasteiger partial charge is 0.310 e. The second-order valence-electron chi connectivity index (χ2n) is 4.96. The van der Waals surface area contributed by atoms with Gasteiger partial charge >= 0.3 is 5.69 Å². The van der Waals surface area contributed by atoms with Crippen molar-refractivity contribution < 1.29 is 19.1 Å². The molecule has 0 amide bonds. The van der Waals surface area contributed by atoms with Crippen molar-refractivity contribution >= 4 is 5.69 Å². The van der Waals surface area contributed by atoms with Gasteiger partial charge in [0.25, 0.3) is 0 Å². The van der Waals surface area contributed by atoms with Gasteiger partial charge < -0.3 is 14.2 Å². The first-order valence-corrected chi connectivity index (χ1v) is 8.07. The summed E-state index contributed by atoms with van der Waals surface area (Å²) in [5.41, 5.74) is -0.00463. The molecule has 6 heteroatoms. The lowest BCUT2D eigenvalue weighted by Crippen LogP contribution is -1.92. The zero-order chi connectivity index (χ0) is 19.9. The largest absolute Gasteiger partial charge is 0.497 e. The number of ether oxygens (including phenoxy) is 3. The molecule has 27 heavy (non-hydrogen) atoms. The average molecular weight is 369 g/mol. The number of rotatable bonds is 4. The lowest BCUT2D eigenvalue weighted by molar-refractivity contribution is -0.385. The maximum Gasteiger partial charge on any atom is 0.310 e. The van der Waals surface area contributed by atoms with Crippen LogP contribution in [0.5, 0.6) is 17.2 Å². The van der Waals surface area contributed by atoms with Gasteiger partial charge in [-0.2, -0.15) is 0 Å². The lowest BCUT2D eigenvalue weighted by Gasteiger charge is -1.98. The second-order valence-corrected chi connectivity index (χ2v) is 4.96. The molecule has 3 aromatic rings. The van der Waals surface area contributed by atoms with Gasteiger partial charge in [-0.05, 0) is 30.3 Å². The minimum atomic E-state index is -0.473. The summed E-state index contributed by atoms with van der Waals surface area (Å²) in [7, 11) is 4.73. The summed E-state index contributed by atoms with van der Waals surface area (Å²) in [5, 5.41) is 10.3. The van der Waals surface area contributed by atoms with Crippen LogP contribution in [-0.2, 0) is 0 Å². The number of para-hydroxylation sites is 4. The fourth-order valence-electron chi connectivity index (χ4n) is 1.89. The Labute approximate surface area is 159 Å². The molecule has 3 rings (SSSR count). The van der Waals surface area contributed by atoms with Crippen LogP contribution in [0.15, 0.2) is 84.9 Å². The number of nitrogens with zero attached hydrogens (tertiary/aromatic N) is 1. The van der Waals surface area contributed by atoms with E-state index < -0.39 is 4.92 Å². The highest BCUT2D eigenvalue weighted by atomic mass is 16.6. The standard InChI is InChI=1S/C7H7NO3.2C7H8O/c1-11-7-5-3-2-4-6(7)8(9)10;2*1-8-7-5-3-2-4-6-7/h2-5H,1H3;2*2-6H,1H3. The zero-order valence-corrected chi connectivity index (χ0v) is 15.6. The van der Waals surface area contributed by atoms with E-state index in [4.69, 9.17) is 14.2 Å². The minimum absolute atomic E-state index is 0.00463. The molecule has 0 fully saturated rings. The van der Waals surface area contributed by atoms with E-state index in [9.17, 15) is 10.1 Å². The predicted molar refractivity (Wildman–Crippen MR) is 106 cm³/mol. The zero-order valence-electron chi connectivity index (χ0n) is 15.6. The second kappa shape index (κ2) is 12.8. The van der Waals surface area contributed by atoms with Gasteiger partial charge in [-0.1, -0.05) is 48.5 Å². The number of hydrogen-bond donors (Lipinski definition) is 0. The summed E-state index contributed by atoms with van der Waals surface area (Å²) in [5.74, 6) is 2.11. The summed E-state index contributed by atoms with van der Waals surface area (Å²) in [6.45, 7) is 0. The Morgan fingerprint density at radius 2 is 1.04 bits per heavy atom. The highest BCUT2D eigenvalue weighted by Gasteiger charge is 2.11. The highest BCUT2D eigenvalue weighted by molar-refractivity contribution is 5.45. The van der Waals surface area contributed by atoms with Gasteiger partial charge in [0.15, 0.2) is 5.75 Å². The molecule has 0 N–H and O–H groups in total. The summed E-state index contributed by atoms with van der Waals surface area (Å²) >= 11 is 0. The van der Waals surface area contributed by atoms with Crippen LogP contribution < -0.4 is 14.2 Å². The molecule has 0 saturated heterocycles. The van der Waals surface area contributed by atoms with Crippen molar-refractivity contribution in [3.8, 4) is 17.2 Å². The maximum atomic E-state index is 10.3. The normalized spacial score (nSPS) is 8.85. The molecular weight excluding hydrogens is 346 g/mol. The molecule has 0 radical (unpaired) electrons. The number of benzene rings is 3. The van der Waals surface area contributed by atoms with Gasteiger partial charge in [-0.3, -0.25) is 10.1 Å². The van der Waals surface area contributed by atoms with Gasteiger partial charge in [0, 0.05) is 6.07 Å². The Balaban J connectivity index is 0.000000206. The predicted octanol–water partition coefficient (Wildman–Crippen LogP) is 4.99. The van der Waals surface area contributed by atoms with E-state index in [0.717, 1.165) is 11.5 Å². The first-order chi connectivity index (χ1) is 13.1. The SMILES string of the molecule is COc1ccccc1.COc1ccccc1.COc1ccccc1[N+](=O)[O-]. The van der Waals surface area contributed by atoms with Crippen LogP contribution in [0.25, 0.3) is 0 Å². The topological polar surface area (TPSA) is 70.8 Å². The van der Waals surface area contributed by atoms with Crippen LogP contribution in [0, 0.1) is 10.1 Å². The molecule has 0 bridgehead atoms. The van der Waals surface area contributed by atoms with Crippen molar-refractivity contribution in [3.63, 3.8) is 0 Å². The third kappa shape index (κ3) is 8.40. The number of hydrogen-bond acceptors (Lipinski definition) is 5. The molecule has 0 atom stereocenters. The molecule has 0 aliphatic rings. The van der Waals surface area contributed by atoms with E-state index >= 15 is 0 Å². The Kier molecular flexibility index (Phi) is 10.2. The summed E-state index contributed by atoms with van der Waals surface area (Å²) in [6, 6.07) is 25.6. The third-order valence-electron chi connectivity index (χ3n) is 3.24. The summed E-state index contributed by atoms with van der Waals surface area (Å²) in [6.07, 6.45) is 0. The number of nitro benzene ring substituents is 1. The molecule has 0 aliphatic heterocycles. The average Bonchev–Trinajstić information content (AvgIpc) is 2.75. The summed E-state index contributed by atoms with van der Waals surface area (Å²) in [4.78, 5) is 9.83. The van der Waals surface area contributed by atoms with Crippen molar-refractivity contribution in [1.29, 1.82) is 0 Å². The van der Waals surface area contributed by atoms with E-state index in [1.165, 1.54) is 13.2 Å². The van der Waals surface area contributed by atoms with E-state index in [1.54, 1.807) is 32.4 Å². The fraction of sp³-hybridized carbons (Fsp3) is 0.143. The fourth-order valence-corrected chi connectivity index (χ4v) is 1.89. The lowest BCUT2D eigenvalue weighted by atomic mass is 10.3. The van der Waals surface area contributed by atoms with E-state index in [2.05, 4.69) is 0 Å². The van der Waals surface area contributed by atoms with Crippen LogP contribution in [0.1, 0.15) is 0 Å². The quantitative estimate of drug-likeness (QED) is 0.478. The monoisotopic (exact) mass is 369 g/mol. The molecular formula is C21H23NO5. The van der Waals surface area contributed by atoms with Crippen molar-refractivity contribution in [2.45, 2.75) is 0 Å². The van der Waals surface area contributed by atoms with Gasteiger partial charge in [0.05, 0.1) is 26.3 Å². The minimum Gasteiger partial charge on any atom is -0.497 e. The molecule has 0 aromatic heterocycles. The number of methoxy groups -OCH3 is 3. The molecule has 0 aliphatic carbocycles. The Morgan fingerprint density at radius 1 is 0.630 bits per heavy atom. The van der Waals surface area contributed by atoms with Crippen molar-refractivity contribution in [2.75, 3.05) is 21.3 Å². The molecule has 6 nitrogen and oxygen atoms in total. The first-order valence-electron chi connectivity index (χ1n) is 8.07. The highest BCUT2D eigenvalue weighted by Crippen LogP contribution is 2.24. The van der Waals surface area contributed by atoms with Crippen LogP contribution in [0.3, 0.4) is 0 Å². The molecule has 0 heterocycles. The van der Waals surface area contributed by atoms with Gasteiger partial charge in [0.1, 0.15) is 11.5 Å².